The van der Waals surface area contributed by atoms with Crippen LogP contribution in [0.25, 0.3) is 22.3 Å². The van der Waals surface area contributed by atoms with E-state index in [1.807, 2.05) is 35.9 Å². The van der Waals surface area contributed by atoms with Gasteiger partial charge in [-0.3, -0.25) is 0 Å². The van der Waals surface area contributed by atoms with Gasteiger partial charge >= 0.3 is 0 Å². The molecular weight excluding hydrogens is 284 g/mol. The van der Waals surface area contributed by atoms with Gasteiger partial charge in [0.05, 0.1) is 11.2 Å². The van der Waals surface area contributed by atoms with Crippen LogP contribution in [-0.2, 0) is 0 Å². The van der Waals surface area contributed by atoms with Crippen molar-refractivity contribution in [1.82, 2.24) is 15.0 Å². The summed E-state index contributed by atoms with van der Waals surface area (Å²) in [5.74, 6) is 0. The van der Waals surface area contributed by atoms with Gasteiger partial charge in [-0.25, -0.2) is 4.68 Å². The summed E-state index contributed by atoms with van der Waals surface area (Å²) in [5.41, 5.74) is 12.2. The lowest BCUT2D eigenvalue weighted by Gasteiger charge is -2.14. The van der Waals surface area contributed by atoms with E-state index in [0.717, 1.165) is 40.7 Å². The fraction of sp³-hybridized carbons (Fsp3) is 0.263. The number of benzene rings is 2. The van der Waals surface area contributed by atoms with Gasteiger partial charge in [0.2, 0.25) is 0 Å². The van der Waals surface area contributed by atoms with E-state index < -0.39 is 0 Å². The highest BCUT2D eigenvalue weighted by Gasteiger charge is 2.13. The van der Waals surface area contributed by atoms with E-state index >= 15 is 0 Å². The molecule has 3 rings (SSSR count). The Kier molecular flexibility index (Phi) is 4.26. The van der Waals surface area contributed by atoms with Gasteiger partial charge in [0.15, 0.2) is 0 Å². The zero-order chi connectivity index (χ0) is 16.4. The minimum absolute atomic E-state index is 0.174. The van der Waals surface area contributed by atoms with E-state index in [1.165, 1.54) is 5.56 Å². The van der Waals surface area contributed by atoms with Gasteiger partial charge in [-0.05, 0) is 56.0 Å². The lowest BCUT2D eigenvalue weighted by Crippen LogP contribution is -2.14. The Morgan fingerprint density at radius 3 is 2.83 bits per heavy atom. The van der Waals surface area contributed by atoms with Crippen LogP contribution in [0.5, 0.6) is 0 Å². The Morgan fingerprint density at radius 1 is 1.26 bits per heavy atom. The number of fused-ring (bicyclic) bond motifs is 1. The summed E-state index contributed by atoms with van der Waals surface area (Å²) >= 11 is 0. The van der Waals surface area contributed by atoms with Crippen LogP contribution in [0.1, 0.15) is 30.9 Å². The van der Waals surface area contributed by atoms with Gasteiger partial charge in [-0.2, -0.15) is 0 Å². The third-order valence-corrected chi connectivity index (χ3v) is 4.02. The van der Waals surface area contributed by atoms with Crippen molar-refractivity contribution in [3.63, 3.8) is 0 Å². The van der Waals surface area contributed by atoms with Crippen LogP contribution in [0.2, 0.25) is 0 Å². The lowest BCUT2D eigenvalue weighted by molar-refractivity contribution is 0.681. The molecule has 2 N–H and O–H groups in total. The Hall–Kier alpha value is -2.46. The molecule has 0 radical (unpaired) electrons. The Morgan fingerprint density at radius 2 is 2.04 bits per heavy atom. The minimum atomic E-state index is 0.174. The second kappa shape index (κ2) is 6.34. The zero-order valence-corrected chi connectivity index (χ0v) is 13.7. The van der Waals surface area contributed by atoms with Crippen molar-refractivity contribution in [1.29, 1.82) is 0 Å². The molecule has 0 bridgehead atoms. The summed E-state index contributed by atoms with van der Waals surface area (Å²) in [6.07, 6.45) is 1.80. The summed E-state index contributed by atoms with van der Waals surface area (Å²) in [7, 11) is 0. The van der Waals surface area contributed by atoms with E-state index in [0.29, 0.717) is 0 Å². The molecule has 1 aromatic heterocycles. The van der Waals surface area contributed by atoms with Crippen molar-refractivity contribution in [2.45, 2.75) is 32.7 Å². The molecular formula is C19H22N4. The molecule has 118 valence electrons. The number of nitrogens with zero attached hydrogens (tertiary/aromatic N) is 3. The molecule has 0 spiro atoms. The molecule has 0 aliphatic rings. The van der Waals surface area contributed by atoms with Crippen LogP contribution >= 0.6 is 0 Å². The number of aromatic nitrogens is 3. The highest BCUT2D eigenvalue weighted by atomic mass is 15.4. The minimum Gasteiger partial charge on any atom is -0.328 e. The molecule has 1 heterocycles. The van der Waals surface area contributed by atoms with Gasteiger partial charge < -0.3 is 5.73 Å². The second-order valence-corrected chi connectivity index (χ2v) is 6.13. The van der Waals surface area contributed by atoms with E-state index in [4.69, 9.17) is 5.73 Å². The van der Waals surface area contributed by atoms with Gasteiger partial charge in [-0.1, -0.05) is 36.1 Å². The number of hydrogen-bond acceptors (Lipinski definition) is 3. The van der Waals surface area contributed by atoms with E-state index in [-0.39, 0.29) is 6.04 Å². The predicted octanol–water partition coefficient (Wildman–Crippen LogP) is 3.87. The average Bonchev–Trinajstić information content (AvgIpc) is 2.96. The summed E-state index contributed by atoms with van der Waals surface area (Å²) in [6, 6.07) is 14.5. The summed E-state index contributed by atoms with van der Waals surface area (Å²) in [4.78, 5) is 0. The Balaban J connectivity index is 2.08. The van der Waals surface area contributed by atoms with Crippen molar-refractivity contribution >= 4 is 16.6 Å². The summed E-state index contributed by atoms with van der Waals surface area (Å²) in [6.45, 7) is 8.36. The normalized spacial score (nSPS) is 12.5. The van der Waals surface area contributed by atoms with Gasteiger partial charge in [0, 0.05) is 11.6 Å². The molecule has 4 heteroatoms. The number of para-hydroxylation sites is 1. The van der Waals surface area contributed by atoms with Crippen molar-refractivity contribution in [2.24, 2.45) is 5.73 Å². The summed E-state index contributed by atoms with van der Waals surface area (Å²) < 4.78 is 1.90. The first-order chi connectivity index (χ1) is 11.1. The molecule has 23 heavy (non-hydrogen) atoms. The maximum absolute atomic E-state index is 5.88. The molecule has 4 nitrogen and oxygen atoms in total. The smallest absolute Gasteiger partial charge is 0.113 e. The first-order valence-electron chi connectivity index (χ1n) is 7.91. The van der Waals surface area contributed by atoms with E-state index in [9.17, 15) is 0 Å². The number of nitrogens with two attached hydrogens (primary N) is 1. The SMILES string of the molecule is C=C(CCC(C)N)c1ccc(C)cc1-n1nnc2ccccc21. The lowest BCUT2D eigenvalue weighted by atomic mass is 9.98. The molecule has 0 saturated heterocycles. The first kappa shape index (κ1) is 15.4. The standard InChI is InChI=1S/C19H22N4/c1-13-8-11-16(14(2)9-10-15(3)20)19(12-13)23-18-7-5-4-6-17(18)21-22-23/h4-8,11-12,15H,2,9-10,20H2,1,3H3. The van der Waals surface area contributed by atoms with Gasteiger partial charge in [-0.15, -0.1) is 5.10 Å². The molecule has 3 aromatic rings. The topological polar surface area (TPSA) is 56.7 Å². The average molecular weight is 306 g/mol. The van der Waals surface area contributed by atoms with E-state index in [1.54, 1.807) is 0 Å². The fourth-order valence-corrected chi connectivity index (χ4v) is 2.70. The van der Waals surface area contributed by atoms with Crippen LogP contribution in [0.4, 0.5) is 0 Å². The van der Waals surface area contributed by atoms with Crippen molar-refractivity contribution in [3.05, 3.63) is 60.2 Å². The molecule has 0 aliphatic carbocycles. The zero-order valence-electron chi connectivity index (χ0n) is 13.7. The fourth-order valence-electron chi connectivity index (χ4n) is 2.70. The highest BCUT2D eigenvalue weighted by molar-refractivity contribution is 5.79. The Bertz CT molecular complexity index is 845. The number of hydrogen-bond donors (Lipinski definition) is 1. The van der Waals surface area contributed by atoms with Crippen LogP contribution in [0, 0.1) is 6.92 Å². The monoisotopic (exact) mass is 306 g/mol. The maximum Gasteiger partial charge on any atom is 0.113 e. The van der Waals surface area contributed by atoms with Crippen LogP contribution in [-0.4, -0.2) is 21.0 Å². The van der Waals surface area contributed by atoms with Crippen LogP contribution in [0.15, 0.2) is 49.0 Å². The molecule has 0 fully saturated rings. The number of rotatable bonds is 5. The molecule has 0 aliphatic heterocycles. The molecule has 0 saturated carbocycles. The third-order valence-electron chi connectivity index (χ3n) is 4.02. The second-order valence-electron chi connectivity index (χ2n) is 6.13. The predicted molar refractivity (Wildman–Crippen MR) is 95.5 cm³/mol. The van der Waals surface area contributed by atoms with Crippen molar-refractivity contribution in [3.8, 4) is 5.69 Å². The Labute approximate surface area is 136 Å². The number of allylic oxidation sites excluding steroid dienone is 1. The quantitative estimate of drug-likeness (QED) is 0.778. The van der Waals surface area contributed by atoms with E-state index in [2.05, 4.69) is 42.0 Å². The van der Waals surface area contributed by atoms with Crippen LogP contribution in [0.3, 0.4) is 0 Å². The number of aryl methyl sites for hydroxylation is 1. The maximum atomic E-state index is 5.88. The van der Waals surface area contributed by atoms with Crippen molar-refractivity contribution < 1.29 is 0 Å². The molecule has 1 atom stereocenters. The first-order valence-corrected chi connectivity index (χ1v) is 7.91. The largest absolute Gasteiger partial charge is 0.328 e. The van der Waals surface area contributed by atoms with Crippen LogP contribution < -0.4 is 5.73 Å². The third kappa shape index (κ3) is 3.17. The molecule has 0 amide bonds. The molecule has 1 unspecified atom stereocenters. The summed E-state index contributed by atoms with van der Waals surface area (Å²) in [5, 5.41) is 8.61. The molecule has 2 aromatic carbocycles. The highest BCUT2D eigenvalue weighted by Crippen LogP contribution is 2.28. The van der Waals surface area contributed by atoms with Gasteiger partial charge in [0.25, 0.3) is 0 Å². The van der Waals surface area contributed by atoms with Crippen molar-refractivity contribution in [2.75, 3.05) is 0 Å². The van der Waals surface area contributed by atoms with Gasteiger partial charge in [0.1, 0.15) is 5.52 Å².